The SMILES string of the molecule is C[C@]1(c2ccccc2)C[C@@]1(NC(=O)C(F)(F)F)C(=O)O. The highest BCUT2D eigenvalue weighted by atomic mass is 19.4. The van der Waals surface area contributed by atoms with E-state index in [1.165, 1.54) is 6.92 Å². The minimum atomic E-state index is -5.11. The van der Waals surface area contributed by atoms with Crippen molar-refractivity contribution in [3.63, 3.8) is 0 Å². The predicted molar refractivity (Wildman–Crippen MR) is 63.0 cm³/mol. The summed E-state index contributed by atoms with van der Waals surface area (Å²) in [5, 5.41) is 10.9. The molecule has 1 aromatic carbocycles. The number of alkyl halides is 3. The fraction of sp³-hybridized carbons (Fsp3) is 0.385. The lowest BCUT2D eigenvalue weighted by Gasteiger charge is -2.21. The number of hydrogen-bond acceptors (Lipinski definition) is 2. The van der Waals surface area contributed by atoms with Crippen LogP contribution in [0.15, 0.2) is 30.3 Å². The fourth-order valence-corrected chi connectivity index (χ4v) is 2.45. The lowest BCUT2D eigenvalue weighted by molar-refractivity contribution is -0.176. The number of carboxylic acid groups (broad SMARTS) is 1. The molecule has 0 aliphatic heterocycles. The first-order chi connectivity index (χ1) is 9.13. The normalized spacial score (nSPS) is 28.8. The van der Waals surface area contributed by atoms with Crippen LogP contribution in [0.5, 0.6) is 0 Å². The van der Waals surface area contributed by atoms with Crippen molar-refractivity contribution in [1.82, 2.24) is 5.32 Å². The topological polar surface area (TPSA) is 66.4 Å². The van der Waals surface area contributed by atoms with Crippen molar-refractivity contribution in [2.75, 3.05) is 0 Å². The van der Waals surface area contributed by atoms with E-state index in [1.54, 1.807) is 35.6 Å². The van der Waals surface area contributed by atoms with E-state index in [0.29, 0.717) is 5.56 Å². The van der Waals surface area contributed by atoms with Crippen LogP contribution in [0.1, 0.15) is 18.9 Å². The number of rotatable bonds is 3. The maximum Gasteiger partial charge on any atom is 0.471 e. The average Bonchev–Trinajstić information content (AvgIpc) is 2.97. The molecule has 0 heterocycles. The first kappa shape index (κ1) is 14.4. The molecule has 0 bridgehead atoms. The monoisotopic (exact) mass is 287 g/mol. The molecule has 108 valence electrons. The van der Waals surface area contributed by atoms with Crippen LogP contribution in [-0.2, 0) is 15.0 Å². The van der Waals surface area contributed by atoms with Gasteiger partial charge in [-0.15, -0.1) is 0 Å². The number of nitrogens with one attached hydrogen (secondary N) is 1. The summed E-state index contributed by atoms with van der Waals surface area (Å²) in [6.45, 7) is 1.52. The molecule has 2 rings (SSSR count). The van der Waals surface area contributed by atoms with Crippen molar-refractivity contribution in [2.24, 2.45) is 0 Å². The molecule has 20 heavy (non-hydrogen) atoms. The molecule has 2 atom stereocenters. The van der Waals surface area contributed by atoms with E-state index in [4.69, 9.17) is 0 Å². The largest absolute Gasteiger partial charge is 0.479 e. The lowest BCUT2D eigenvalue weighted by Crippen LogP contribution is -2.52. The molecule has 1 saturated carbocycles. The molecular weight excluding hydrogens is 275 g/mol. The molecule has 2 N–H and O–H groups in total. The van der Waals surface area contributed by atoms with Crippen LogP contribution in [-0.4, -0.2) is 28.7 Å². The molecule has 0 unspecified atom stereocenters. The Morgan fingerprint density at radius 3 is 2.25 bits per heavy atom. The van der Waals surface area contributed by atoms with E-state index in [1.807, 2.05) is 0 Å². The van der Waals surface area contributed by atoms with E-state index in [-0.39, 0.29) is 6.42 Å². The minimum Gasteiger partial charge on any atom is -0.479 e. The van der Waals surface area contributed by atoms with E-state index in [0.717, 1.165) is 0 Å². The number of amides is 1. The Balaban J connectivity index is 2.32. The van der Waals surface area contributed by atoms with E-state index >= 15 is 0 Å². The molecule has 1 aliphatic rings. The zero-order chi connectivity index (χ0) is 15.2. The Morgan fingerprint density at radius 2 is 1.80 bits per heavy atom. The average molecular weight is 287 g/mol. The molecule has 7 heteroatoms. The highest BCUT2D eigenvalue weighted by Crippen LogP contribution is 2.57. The van der Waals surface area contributed by atoms with Gasteiger partial charge in [-0.05, 0) is 12.0 Å². The first-order valence-corrected chi connectivity index (χ1v) is 5.82. The van der Waals surface area contributed by atoms with Crippen LogP contribution >= 0.6 is 0 Å². The third kappa shape index (κ3) is 2.03. The molecule has 0 radical (unpaired) electrons. The highest BCUT2D eigenvalue weighted by Gasteiger charge is 2.72. The summed E-state index contributed by atoms with van der Waals surface area (Å²) in [5.74, 6) is -3.71. The van der Waals surface area contributed by atoms with Crippen molar-refractivity contribution in [3.05, 3.63) is 35.9 Å². The molecule has 0 aromatic heterocycles. The van der Waals surface area contributed by atoms with Crippen molar-refractivity contribution >= 4 is 11.9 Å². The Hall–Kier alpha value is -2.05. The van der Waals surface area contributed by atoms with Gasteiger partial charge in [0.25, 0.3) is 0 Å². The molecule has 1 aliphatic carbocycles. The number of benzene rings is 1. The van der Waals surface area contributed by atoms with Crippen molar-refractivity contribution in [1.29, 1.82) is 0 Å². The molecular formula is C13H12F3NO3. The van der Waals surface area contributed by atoms with E-state index in [9.17, 15) is 27.9 Å². The summed E-state index contributed by atoms with van der Waals surface area (Å²) in [5.41, 5.74) is -2.40. The van der Waals surface area contributed by atoms with Crippen LogP contribution in [0.3, 0.4) is 0 Å². The Morgan fingerprint density at radius 1 is 1.25 bits per heavy atom. The molecule has 1 fully saturated rings. The first-order valence-electron chi connectivity index (χ1n) is 5.82. The third-order valence-electron chi connectivity index (χ3n) is 3.80. The third-order valence-corrected chi connectivity index (χ3v) is 3.80. The van der Waals surface area contributed by atoms with Crippen LogP contribution in [0.4, 0.5) is 13.2 Å². The van der Waals surface area contributed by atoms with Crippen LogP contribution in [0.25, 0.3) is 0 Å². The maximum absolute atomic E-state index is 12.3. The number of aliphatic carboxylic acids is 1. The lowest BCUT2D eigenvalue weighted by atomic mass is 9.92. The maximum atomic E-state index is 12.3. The van der Waals surface area contributed by atoms with Crippen LogP contribution < -0.4 is 5.32 Å². The minimum absolute atomic E-state index is 0.0822. The van der Waals surface area contributed by atoms with Gasteiger partial charge in [-0.1, -0.05) is 37.3 Å². The van der Waals surface area contributed by atoms with E-state index < -0.39 is 29.0 Å². The van der Waals surface area contributed by atoms with Gasteiger partial charge in [0.15, 0.2) is 0 Å². The van der Waals surface area contributed by atoms with Crippen molar-refractivity contribution in [3.8, 4) is 0 Å². The zero-order valence-electron chi connectivity index (χ0n) is 10.5. The van der Waals surface area contributed by atoms with Crippen LogP contribution in [0, 0.1) is 0 Å². The second-order valence-electron chi connectivity index (χ2n) is 5.04. The summed E-state index contributed by atoms with van der Waals surface area (Å²) in [4.78, 5) is 22.4. The Bertz CT molecular complexity index is 558. The Labute approximate surface area is 112 Å². The van der Waals surface area contributed by atoms with Crippen LogP contribution in [0.2, 0.25) is 0 Å². The summed E-state index contributed by atoms with van der Waals surface area (Å²) in [7, 11) is 0. The number of halogens is 3. The van der Waals surface area contributed by atoms with Crippen molar-refractivity contribution in [2.45, 2.75) is 30.5 Å². The second kappa shape index (κ2) is 4.22. The quantitative estimate of drug-likeness (QED) is 0.891. The van der Waals surface area contributed by atoms with E-state index in [2.05, 4.69) is 0 Å². The van der Waals surface area contributed by atoms with Gasteiger partial charge in [-0.3, -0.25) is 4.79 Å². The second-order valence-corrected chi connectivity index (χ2v) is 5.04. The molecule has 0 saturated heterocycles. The number of carboxylic acids is 1. The van der Waals surface area contributed by atoms with Gasteiger partial charge in [0.1, 0.15) is 5.54 Å². The Kier molecular flexibility index (Phi) is 3.03. The van der Waals surface area contributed by atoms with Crippen molar-refractivity contribution < 1.29 is 27.9 Å². The summed E-state index contributed by atoms with van der Waals surface area (Å²) < 4.78 is 37.0. The predicted octanol–water partition coefficient (Wildman–Crippen LogP) is 1.85. The van der Waals surface area contributed by atoms with Gasteiger partial charge in [0.2, 0.25) is 0 Å². The zero-order valence-corrected chi connectivity index (χ0v) is 10.5. The number of carbonyl (C=O) groups excluding carboxylic acids is 1. The number of hydrogen-bond donors (Lipinski definition) is 2. The summed E-state index contributed by atoms with van der Waals surface area (Å²) in [6, 6.07) is 8.30. The molecule has 1 aromatic rings. The van der Waals surface area contributed by atoms with Gasteiger partial charge in [0, 0.05) is 5.41 Å². The van der Waals surface area contributed by atoms with Gasteiger partial charge < -0.3 is 10.4 Å². The number of carbonyl (C=O) groups is 2. The van der Waals surface area contributed by atoms with Gasteiger partial charge in [-0.2, -0.15) is 13.2 Å². The van der Waals surface area contributed by atoms with Gasteiger partial charge in [0.05, 0.1) is 0 Å². The standard InChI is InChI=1S/C13H12F3NO3/c1-11(8-5-3-2-4-6-8)7-12(11,10(19)20)17-9(18)13(14,15)16/h2-6H,7H2,1H3,(H,17,18)(H,19,20)/t11-,12-/m1/s1. The fourth-order valence-electron chi connectivity index (χ4n) is 2.45. The molecule has 1 amide bonds. The highest BCUT2D eigenvalue weighted by molar-refractivity contribution is 5.94. The van der Waals surface area contributed by atoms with Gasteiger partial charge in [-0.25, -0.2) is 4.79 Å². The smallest absolute Gasteiger partial charge is 0.471 e. The summed E-state index contributed by atoms with van der Waals surface area (Å²) in [6.07, 6.45) is -5.19. The molecule has 4 nitrogen and oxygen atoms in total. The summed E-state index contributed by atoms with van der Waals surface area (Å²) >= 11 is 0. The molecule has 0 spiro atoms. The van der Waals surface area contributed by atoms with Gasteiger partial charge >= 0.3 is 18.1 Å².